The molecule has 1 heterocycles. The van der Waals surface area contributed by atoms with Gasteiger partial charge in [-0.15, -0.1) is 0 Å². The standard InChI is InChI=1S/C21H22ClN3O/c22-19-10-17(6-5-16(19)12-24)26-21-18-4-2-1-3-15(18)9-20(21)25-8-7-14(11-23)13-25/h1-6,10,14,20-21H,7-9,11,13,23H2/t14-,20+,21+/m0/s1. The molecule has 0 unspecified atom stereocenters. The Labute approximate surface area is 159 Å². The van der Waals surface area contributed by atoms with Crippen molar-refractivity contribution in [2.75, 3.05) is 19.6 Å². The highest BCUT2D eigenvalue weighted by molar-refractivity contribution is 6.31. The van der Waals surface area contributed by atoms with E-state index in [1.165, 1.54) is 11.1 Å². The van der Waals surface area contributed by atoms with Crippen LogP contribution in [0.15, 0.2) is 42.5 Å². The van der Waals surface area contributed by atoms with Crippen LogP contribution in [0.5, 0.6) is 5.75 Å². The van der Waals surface area contributed by atoms with Crippen molar-refractivity contribution in [1.29, 1.82) is 5.26 Å². The van der Waals surface area contributed by atoms with E-state index in [0.717, 1.165) is 32.5 Å². The molecule has 26 heavy (non-hydrogen) atoms. The predicted octanol–water partition coefficient (Wildman–Crippen LogP) is 3.54. The van der Waals surface area contributed by atoms with Crippen molar-refractivity contribution < 1.29 is 4.74 Å². The Hall–Kier alpha value is -2.06. The van der Waals surface area contributed by atoms with Crippen molar-refractivity contribution in [2.45, 2.75) is 25.0 Å². The summed E-state index contributed by atoms with van der Waals surface area (Å²) < 4.78 is 6.41. The third-order valence-electron chi connectivity index (χ3n) is 5.58. The van der Waals surface area contributed by atoms with Crippen LogP contribution in [0.25, 0.3) is 0 Å². The quantitative estimate of drug-likeness (QED) is 0.897. The van der Waals surface area contributed by atoms with E-state index in [1.807, 2.05) is 6.07 Å². The van der Waals surface area contributed by atoms with Crippen molar-refractivity contribution in [3.63, 3.8) is 0 Å². The van der Waals surface area contributed by atoms with Gasteiger partial charge in [0.05, 0.1) is 16.6 Å². The minimum absolute atomic E-state index is 0.0354. The van der Waals surface area contributed by atoms with Gasteiger partial charge in [0.25, 0.3) is 0 Å². The molecule has 134 valence electrons. The molecule has 0 aromatic heterocycles. The highest BCUT2D eigenvalue weighted by atomic mass is 35.5. The minimum atomic E-state index is -0.0354. The summed E-state index contributed by atoms with van der Waals surface area (Å²) in [5.74, 6) is 1.28. The molecule has 1 aliphatic carbocycles. The second kappa shape index (κ2) is 7.28. The lowest BCUT2D eigenvalue weighted by Gasteiger charge is -2.30. The smallest absolute Gasteiger partial charge is 0.140 e. The molecule has 0 bridgehead atoms. The van der Waals surface area contributed by atoms with Gasteiger partial charge in [-0.3, -0.25) is 4.90 Å². The molecule has 0 spiro atoms. The SMILES string of the molecule is N#Cc1ccc(O[C@@H]2c3ccccc3C[C@H]2N2CC[C@@H](CN)C2)cc1Cl. The number of fused-ring (bicyclic) bond motifs is 1. The first-order valence-electron chi connectivity index (χ1n) is 9.08. The topological polar surface area (TPSA) is 62.3 Å². The maximum atomic E-state index is 9.07. The zero-order valence-corrected chi connectivity index (χ0v) is 15.3. The van der Waals surface area contributed by atoms with Crippen LogP contribution in [0, 0.1) is 17.2 Å². The fourth-order valence-electron chi connectivity index (χ4n) is 4.16. The maximum absolute atomic E-state index is 9.07. The zero-order chi connectivity index (χ0) is 18.1. The molecule has 0 saturated carbocycles. The van der Waals surface area contributed by atoms with E-state index in [9.17, 15) is 0 Å². The van der Waals surface area contributed by atoms with Crippen LogP contribution in [0.3, 0.4) is 0 Å². The van der Waals surface area contributed by atoms with Gasteiger partial charge in [-0.05, 0) is 55.1 Å². The van der Waals surface area contributed by atoms with E-state index in [-0.39, 0.29) is 6.10 Å². The Morgan fingerprint density at radius 3 is 2.85 bits per heavy atom. The second-order valence-corrected chi connectivity index (χ2v) is 7.55. The number of ether oxygens (including phenoxy) is 1. The predicted molar refractivity (Wildman–Crippen MR) is 102 cm³/mol. The van der Waals surface area contributed by atoms with Crippen molar-refractivity contribution >= 4 is 11.6 Å². The minimum Gasteiger partial charge on any atom is -0.484 e. The lowest BCUT2D eigenvalue weighted by Crippen LogP contribution is -2.39. The number of rotatable bonds is 4. The van der Waals surface area contributed by atoms with Crippen LogP contribution in [0.1, 0.15) is 29.2 Å². The summed E-state index contributed by atoms with van der Waals surface area (Å²) in [5.41, 5.74) is 8.94. The Morgan fingerprint density at radius 1 is 1.27 bits per heavy atom. The van der Waals surface area contributed by atoms with E-state index < -0.39 is 0 Å². The van der Waals surface area contributed by atoms with Gasteiger partial charge in [0.15, 0.2) is 0 Å². The number of halogens is 1. The molecule has 2 aromatic carbocycles. The van der Waals surface area contributed by atoms with Crippen LogP contribution >= 0.6 is 11.6 Å². The highest BCUT2D eigenvalue weighted by Gasteiger charge is 2.40. The van der Waals surface area contributed by atoms with Crippen molar-refractivity contribution in [1.82, 2.24) is 4.90 Å². The van der Waals surface area contributed by atoms with Gasteiger partial charge in [0.1, 0.15) is 17.9 Å². The lowest BCUT2D eigenvalue weighted by atomic mass is 10.1. The number of hydrogen-bond acceptors (Lipinski definition) is 4. The van der Waals surface area contributed by atoms with Gasteiger partial charge in [-0.2, -0.15) is 5.26 Å². The Kier molecular flexibility index (Phi) is 4.86. The number of nitrogens with zero attached hydrogens (tertiary/aromatic N) is 2. The van der Waals surface area contributed by atoms with Crippen LogP contribution in [0.2, 0.25) is 5.02 Å². The number of likely N-dealkylation sites (tertiary alicyclic amines) is 1. The molecular weight excluding hydrogens is 346 g/mol. The second-order valence-electron chi connectivity index (χ2n) is 7.15. The fourth-order valence-corrected chi connectivity index (χ4v) is 4.38. The summed E-state index contributed by atoms with van der Waals surface area (Å²) in [6.07, 6.45) is 2.10. The van der Waals surface area contributed by atoms with Gasteiger partial charge in [-0.1, -0.05) is 35.9 Å². The van der Waals surface area contributed by atoms with Crippen LogP contribution in [-0.2, 0) is 6.42 Å². The highest BCUT2D eigenvalue weighted by Crippen LogP contribution is 2.40. The molecule has 4 nitrogen and oxygen atoms in total. The van der Waals surface area contributed by atoms with Gasteiger partial charge in [-0.25, -0.2) is 0 Å². The first-order chi connectivity index (χ1) is 12.7. The van der Waals surface area contributed by atoms with Gasteiger partial charge in [0, 0.05) is 12.6 Å². The van der Waals surface area contributed by atoms with E-state index in [0.29, 0.717) is 28.3 Å². The number of hydrogen-bond donors (Lipinski definition) is 1. The normalized spacial score (nSPS) is 25.0. The summed E-state index contributed by atoms with van der Waals surface area (Å²) >= 11 is 6.19. The third kappa shape index (κ3) is 3.19. The average Bonchev–Trinajstić information content (AvgIpc) is 3.27. The molecule has 2 N–H and O–H groups in total. The van der Waals surface area contributed by atoms with E-state index in [1.54, 1.807) is 12.1 Å². The number of nitriles is 1. The molecule has 5 heteroatoms. The number of benzene rings is 2. The Morgan fingerprint density at radius 2 is 2.12 bits per heavy atom. The summed E-state index contributed by atoms with van der Waals surface area (Å²) in [7, 11) is 0. The molecule has 3 atom stereocenters. The molecule has 1 fully saturated rings. The fraction of sp³-hybridized carbons (Fsp3) is 0.381. The summed E-state index contributed by atoms with van der Waals surface area (Å²) in [5, 5.41) is 9.49. The summed E-state index contributed by atoms with van der Waals surface area (Å²) in [4.78, 5) is 2.52. The molecule has 2 aliphatic rings. The maximum Gasteiger partial charge on any atom is 0.140 e. The molecule has 1 aliphatic heterocycles. The zero-order valence-electron chi connectivity index (χ0n) is 14.6. The summed E-state index contributed by atoms with van der Waals surface area (Å²) in [6, 6.07) is 16.2. The van der Waals surface area contributed by atoms with Crippen LogP contribution < -0.4 is 10.5 Å². The molecular formula is C21H22ClN3O. The first kappa shape index (κ1) is 17.4. The van der Waals surface area contributed by atoms with E-state index in [4.69, 9.17) is 27.3 Å². The van der Waals surface area contributed by atoms with Crippen molar-refractivity contribution in [2.24, 2.45) is 11.7 Å². The van der Waals surface area contributed by atoms with Crippen molar-refractivity contribution in [3.05, 3.63) is 64.2 Å². The summed E-state index contributed by atoms with van der Waals surface area (Å²) in [6.45, 7) is 2.84. The largest absolute Gasteiger partial charge is 0.484 e. The van der Waals surface area contributed by atoms with Crippen molar-refractivity contribution in [3.8, 4) is 11.8 Å². The molecule has 0 amide bonds. The first-order valence-corrected chi connectivity index (χ1v) is 9.45. The van der Waals surface area contributed by atoms with E-state index >= 15 is 0 Å². The molecule has 4 rings (SSSR count). The van der Waals surface area contributed by atoms with Gasteiger partial charge >= 0.3 is 0 Å². The number of nitrogens with two attached hydrogens (primary N) is 1. The van der Waals surface area contributed by atoms with Gasteiger partial charge in [0.2, 0.25) is 0 Å². The lowest BCUT2D eigenvalue weighted by molar-refractivity contribution is 0.0917. The van der Waals surface area contributed by atoms with Crippen LogP contribution in [0.4, 0.5) is 0 Å². The Bertz CT molecular complexity index is 847. The third-order valence-corrected chi connectivity index (χ3v) is 5.90. The molecule has 1 saturated heterocycles. The molecule has 2 aromatic rings. The van der Waals surface area contributed by atoms with Crippen LogP contribution in [-0.4, -0.2) is 30.6 Å². The van der Waals surface area contributed by atoms with Gasteiger partial charge < -0.3 is 10.5 Å². The average molecular weight is 368 g/mol. The Balaban J connectivity index is 1.62. The molecule has 0 radical (unpaired) electrons. The monoisotopic (exact) mass is 367 g/mol. The van der Waals surface area contributed by atoms with E-state index in [2.05, 4.69) is 35.2 Å².